The van der Waals surface area contributed by atoms with Crippen LogP contribution in [0.3, 0.4) is 0 Å². The molecule has 2 aromatic rings. The van der Waals surface area contributed by atoms with E-state index >= 15 is 0 Å². The Labute approximate surface area is 110 Å². The summed E-state index contributed by atoms with van der Waals surface area (Å²) >= 11 is 0. The lowest BCUT2D eigenvalue weighted by Gasteiger charge is -2.08. The zero-order chi connectivity index (χ0) is 13.8. The predicted molar refractivity (Wildman–Crippen MR) is 69.8 cm³/mol. The summed E-state index contributed by atoms with van der Waals surface area (Å²) in [7, 11) is 0. The number of hydrogen-bond acceptors (Lipinski definition) is 3. The molecule has 0 aliphatic heterocycles. The SMILES string of the molecule is CCc1cc(NCc2ccc(F)cc2F)nc(C)n1. The van der Waals surface area contributed by atoms with Gasteiger partial charge in [-0.15, -0.1) is 0 Å². The highest BCUT2D eigenvalue weighted by Crippen LogP contribution is 2.13. The lowest BCUT2D eigenvalue weighted by molar-refractivity contribution is 0.574. The van der Waals surface area contributed by atoms with Crippen LogP contribution in [0.25, 0.3) is 0 Å². The molecule has 2 rings (SSSR count). The highest BCUT2D eigenvalue weighted by Gasteiger charge is 2.05. The fourth-order valence-corrected chi connectivity index (χ4v) is 1.75. The summed E-state index contributed by atoms with van der Waals surface area (Å²) in [5, 5.41) is 3.02. The molecular formula is C14H15F2N3. The van der Waals surface area contributed by atoms with E-state index in [1.54, 1.807) is 0 Å². The van der Waals surface area contributed by atoms with Crippen LogP contribution in [0, 0.1) is 18.6 Å². The zero-order valence-electron chi connectivity index (χ0n) is 10.9. The molecule has 1 heterocycles. The van der Waals surface area contributed by atoms with Gasteiger partial charge in [0.05, 0.1) is 0 Å². The molecule has 0 unspecified atom stereocenters. The number of aromatic nitrogens is 2. The zero-order valence-corrected chi connectivity index (χ0v) is 10.9. The Bertz CT molecular complexity index is 585. The number of anilines is 1. The summed E-state index contributed by atoms with van der Waals surface area (Å²) in [5.74, 6) is 0.177. The Morgan fingerprint density at radius 3 is 2.63 bits per heavy atom. The second-order valence-corrected chi connectivity index (χ2v) is 4.23. The molecule has 3 nitrogen and oxygen atoms in total. The minimum Gasteiger partial charge on any atom is -0.366 e. The van der Waals surface area contributed by atoms with Crippen molar-refractivity contribution in [3.8, 4) is 0 Å². The smallest absolute Gasteiger partial charge is 0.131 e. The standard InChI is InChI=1S/C14H15F2N3/c1-3-12-7-14(19-9(2)18-12)17-8-10-4-5-11(15)6-13(10)16/h4-7H,3,8H2,1-2H3,(H,17,18,19). The van der Waals surface area contributed by atoms with E-state index in [9.17, 15) is 8.78 Å². The Kier molecular flexibility index (Phi) is 4.04. The average Bonchev–Trinajstić information content (AvgIpc) is 2.37. The van der Waals surface area contributed by atoms with Gasteiger partial charge < -0.3 is 5.32 Å². The van der Waals surface area contributed by atoms with Gasteiger partial charge in [-0.1, -0.05) is 13.0 Å². The number of rotatable bonds is 4. The van der Waals surface area contributed by atoms with Crippen LogP contribution in [0.2, 0.25) is 0 Å². The quantitative estimate of drug-likeness (QED) is 0.920. The van der Waals surface area contributed by atoms with E-state index in [4.69, 9.17) is 0 Å². The predicted octanol–water partition coefficient (Wildman–Crippen LogP) is 3.24. The van der Waals surface area contributed by atoms with Crippen molar-refractivity contribution in [2.45, 2.75) is 26.8 Å². The van der Waals surface area contributed by atoms with E-state index in [0.29, 0.717) is 17.2 Å². The van der Waals surface area contributed by atoms with Crippen LogP contribution in [-0.4, -0.2) is 9.97 Å². The summed E-state index contributed by atoms with van der Waals surface area (Å²) < 4.78 is 26.2. The number of benzene rings is 1. The number of aryl methyl sites for hydroxylation is 2. The number of hydrogen-bond donors (Lipinski definition) is 1. The van der Waals surface area contributed by atoms with Gasteiger partial charge in [0.25, 0.3) is 0 Å². The van der Waals surface area contributed by atoms with Gasteiger partial charge in [0.1, 0.15) is 23.3 Å². The lowest BCUT2D eigenvalue weighted by atomic mass is 10.2. The Morgan fingerprint density at radius 1 is 1.16 bits per heavy atom. The van der Waals surface area contributed by atoms with Crippen molar-refractivity contribution in [1.29, 1.82) is 0 Å². The van der Waals surface area contributed by atoms with Gasteiger partial charge in [-0.3, -0.25) is 0 Å². The van der Waals surface area contributed by atoms with E-state index in [2.05, 4.69) is 15.3 Å². The van der Waals surface area contributed by atoms with E-state index < -0.39 is 11.6 Å². The fourth-order valence-electron chi connectivity index (χ4n) is 1.75. The van der Waals surface area contributed by atoms with Crippen molar-refractivity contribution in [1.82, 2.24) is 9.97 Å². The van der Waals surface area contributed by atoms with Crippen LogP contribution < -0.4 is 5.32 Å². The molecule has 1 aromatic carbocycles. The van der Waals surface area contributed by atoms with Crippen molar-refractivity contribution < 1.29 is 8.78 Å². The minimum absolute atomic E-state index is 0.256. The molecule has 0 aliphatic rings. The molecule has 0 radical (unpaired) electrons. The molecule has 0 saturated heterocycles. The van der Waals surface area contributed by atoms with Crippen LogP contribution in [0.5, 0.6) is 0 Å². The van der Waals surface area contributed by atoms with Crippen LogP contribution in [0.1, 0.15) is 24.0 Å². The molecule has 19 heavy (non-hydrogen) atoms. The van der Waals surface area contributed by atoms with E-state index in [0.717, 1.165) is 18.2 Å². The number of nitrogens with zero attached hydrogens (tertiary/aromatic N) is 2. The summed E-state index contributed by atoms with van der Waals surface area (Å²) in [6.07, 6.45) is 0.808. The maximum Gasteiger partial charge on any atom is 0.131 e. The highest BCUT2D eigenvalue weighted by atomic mass is 19.1. The number of nitrogens with one attached hydrogen (secondary N) is 1. The van der Waals surface area contributed by atoms with Crippen LogP contribution in [-0.2, 0) is 13.0 Å². The minimum atomic E-state index is -0.576. The van der Waals surface area contributed by atoms with Crippen molar-refractivity contribution >= 4 is 5.82 Å². The first-order chi connectivity index (χ1) is 9.08. The molecule has 0 amide bonds. The monoisotopic (exact) mass is 263 g/mol. The first kappa shape index (κ1) is 13.4. The van der Waals surface area contributed by atoms with Gasteiger partial charge in [0, 0.05) is 29.9 Å². The Morgan fingerprint density at radius 2 is 1.95 bits per heavy atom. The maximum atomic E-state index is 13.5. The van der Waals surface area contributed by atoms with Crippen LogP contribution in [0.4, 0.5) is 14.6 Å². The number of halogens is 2. The molecule has 0 saturated carbocycles. The second kappa shape index (κ2) is 5.73. The topological polar surface area (TPSA) is 37.8 Å². The average molecular weight is 263 g/mol. The Balaban J connectivity index is 2.12. The summed E-state index contributed by atoms with van der Waals surface area (Å²) in [6.45, 7) is 4.07. The largest absolute Gasteiger partial charge is 0.366 e. The molecule has 0 bridgehead atoms. The molecule has 0 fully saturated rings. The maximum absolute atomic E-state index is 13.5. The molecule has 0 atom stereocenters. The molecular weight excluding hydrogens is 248 g/mol. The molecule has 0 aliphatic carbocycles. The molecule has 0 spiro atoms. The Hall–Kier alpha value is -2.04. The van der Waals surface area contributed by atoms with E-state index in [-0.39, 0.29) is 6.54 Å². The molecule has 1 N–H and O–H groups in total. The third kappa shape index (κ3) is 3.47. The normalized spacial score (nSPS) is 10.5. The first-order valence-corrected chi connectivity index (χ1v) is 6.11. The van der Waals surface area contributed by atoms with Crippen LogP contribution in [0.15, 0.2) is 24.3 Å². The van der Waals surface area contributed by atoms with Gasteiger partial charge in [0.2, 0.25) is 0 Å². The van der Waals surface area contributed by atoms with Gasteiger partial charge in [-0.2, -0.15) is 0 Å². The van der Waals surface area contributed by atoms with Crippen molar-refractivity contribution in [3.05, 3.63) is 53.0 Å². The second-order valence-electron chi connectivity index (χ2n) is 4.23. The summed E-state index contributed by atoms with van der Waals surface area (Å²) in [5.41, 5.74) is 1.32. The fraction of sp³-hybridized carbons (Fsp3) is 0.286. The van der Waals surface area contributed by atoms with Gasteiger partial charge in [0.15, 0.2) is 0 Å². The summed E-state index contributed by atoms with van der Waals surface area (Å²) in [6, 6.07) is 5.36. The van der Waals surface area contributed by atoms with Crippen molar-refractivity contribution in [2.24, 2.45) is 0 Å². The highest BCUT2D eigenvalue weighted by molar-refractivity contribution is 5.37. The van der Waals surface area contributed by atoms with E-state index in [1.165, 1.54) is 12.1 Å². The molecule has 5 heteroatoms. The molecule has 100 valence electrons. The summed E-state index contributed by atoms with van der Waals surface area (Å²) in [4.78, 5) is 8.49. The van der Waals surface area contributed by atoms with Gasteiger partial charge >= 0.3 is 0 Å². The lowest BCUT2D eigenvalue weighted by Crippen LogP contribution is -2.06. The van der Waals surface area contributed by atoms with Crippen molar-refractivity contribution in [3.63, 3.8) is 0 Å². The van der Waals surface area contributed by atoms with Crippen molar-refractivity contribution in [2.75, 3.05) is 5.32 Å². The van der Waals surface area contributed by atoms with Crippen LogP contribution >= 0.6 is 0 Å². The third-order valence-electron chi connectivity index (χ3n) is 2.73. The van der Waals surface area contributed by atoms with E-state index in [1.807, 2.05) is 19.9 Å². The third-order valence-corrected chi connectivity index (χ3v) is 2.73. The van der Waals surface area contributed by atoms with Gasteiger partial charge in [-0.25, -0.2) is 18.7 Å². The first-order valence-electron chi connectivity index (χ1n) is 6.11. The van der Waals surface area contributed by atoms with Gasteiger partial charge in [-0.05, 0) is 19.4 Å². The molecule has 1 aromatic heterocycles.